The molecular weight excluding hydrogens is 220 g/mol. The highest BCUT2D eigenvalue weighted by Gasteiger charge is 2.11. The smallest absolute Gasteiger partial charge is 0.0399 e. The van der Waals surface area contributed by atoms with Crippen molar-refractivity contribution in [2.24, 2.45) is 5.73 Å². The molecule has 0 fully saturated rings. The fourth-order valence-corrected chi connectivity index (χ4v) is 2.43. The predicted molar refractivity (Wildman–Crippen MR) is 81.3 cm³/mol. The first-order valence-electron chi connectivity index (χ1n) is 7.18. The molecule has 2 N–H and O–H groups in total. The minimum absolute atomic E-state index is 0.218. The lowest BCUT2D eigenvalue weighted by Gasteiger charge is -2.27. The first-order valence-corrected chi connectivity index (χ1v) is 7.18. The predicted octanol–water partition coefficient (Wildman–Crippen LogP) is 3.51. The summed E-state index contributed by atoms with van der Waals surface area (Å²) in [6, 6.07) is 6.98. The quantitative estimate of drug-likeness (QED) is 0.800. The zero-order chi connectivity index (χ0) is 13.5. The third kappa shape index (κ3) is 4.34. The maximum absolute atomic E-state index is 5.97. The highest BCUT2D eigenvalue weighted by atomic mass is 15.1. The van der Waals surface area contributed by atoms with E-state index in [1.54, 1.807) is 0 Å². The van der Waals surface area contributed by atoms with E-state index in [2.05, 4.69) is 50.8 Å². The SMILES string of the molecule is CCCN(CCC)c1ccc(C)cc1CC(C)N. The van der Waals surface area contributed by atoms with Gasteiger partial charge in [-0.2, -0.15) is 0 Å². The van der Waals surface area contributed by atoms with Crippen LogP contribution in [-0.4, -0.2) is 19.1 Å². The maximum Gasteiger partial charge on any atom is 0.0399 e. The summed E-state index contributed by atoms with van der Waals surface area (Å²) in [7, 11) is 0. The molecule has 1 unspecified atom stereocenters. The average Bonchev–Trinajstić information content (AvgIpc) is 2.28. The van der Waals surface area contributed by atoms with Crippen LogP contribution in [0.4, 0.5) is 5.69 Å². The van der Waals surface area contributed by atoms with E-state index in [0.717, 1.165) is 19.5 Å². The molecule has 1 aromatic carbocycles. The molecule has 0 aliphatic heterocycles. The van der Waals surface area contributed by atoms with E-state index in [1.165, 1.54) is 29.7 Å². The monoisotopic (exact) mass is 248 g/mol. The molecule has 0 saturated carbocycles. The number of nitrogens with zero attached hydrogens (tertiary/aromatic N) is 1. The summed E-state index contributed by atoms with van der Waals surface area (Å²) in [5.41, 5.74) is 10.1. The van der Waals surface area contributed by atoms with Crippen molar-refractivity contribution in [1.29, 1.82) is 0 Å². The lowest BCUT2D eigenvalue weighted by molar-refractivity contribution is 0.713. The molecule has 18 heavy (non-hydrogen) atoms. The van der Waals surface area contributed by atoms with Gasteiger partial charge in [-0.15, -0.1) is 0 Å². The molecule has 2 nitrogen and oxygen atoms in total. The van der Waals surface area contributed by atoms with Crippen LogP contribution in [0.15, 0.2) is 18.2 Å². The van der Waals surface area contributed by atoms with Crippen LogP contribution in [0, 0.1) is 6.92 Å². The van der Waals surface area contributed by atoms with Gasteiger partial charge in [0, 0.05) is 24.8 Å². The number of hydrogen-bond donors (Lipinski definition) is 1. The van der Waals surface area contributed by atoms with Crippen LogP contribution in [0.2, 0.25) is 0 Å². The second-order valence-corrected chi connectivity index (χ2v) is 5.30. The Morgan fingerprint density at radius 1 is 1.17 bits per heavy atom. The second kappa shape index (κ2) is 7.42. The van der Waals surface area contributed by atoms with Gasteiger partial charge in [0.1, 0.15) is 0 Å². The van der Waals surface area contributed by atoms with Gasteiger partial charge in [0.15, 0.2) is 0 Å². The zero-order valence-corrected chi connectivity index (χ0v) is 12.4. The summed E-state index contributed by atoms with van der Waals surface area (Å²) in [5, 5.41) is 0. The van der Waals surface area contributed by atoms with Crippen LogP contribution in [0.1, 0.15) is 44.7 Å². The summed E-state index contributed by atoms with van der Waals surface area (Å²) in [4.78, 5) is 2.50. The third-order valence-corrected chi connectivity index (χ3v) is 3.10. The maximum atomic E-state index is 5.97. The van der Waals surface area contributed by atoms with Crippen molar-refractivity contribution in [2.75, 3.05) is 18.0 Å². The Bertz CT molecular complexity index is 352. The third-order valence-electron chi connectivity index (χ3n) is 3.10. The van der Waals surface area contributed by atoms with Crippen LogP contribution in [0.3, 0.4) is 0 Å². The normalized spacial score (nSPS) is 12.5. The summed E-state index contributed by atoms with van der Waals surface area (Å²) in [6.07, 6.45) is 3.33. The molecule has 1 atom stereocenters. The minimum atomic E-state index is 0.218. The molecule has 0 amide bonds. The topological polar surface area (TPSA) is 29.3 Å². The van der Waals surface area contributed by atoms with Crippen molar-refractivity contribution in [3.63, 3.8) is 0 Å². The molecule has 1 rings (SSSR count). The number of aryl methyl sites for hydroxylation is 1. The molecule has 0 saturated heterocycles. The summed E-state index contributed by atoms with van der Waals surface area (Å²) in [6.45, 7) is 11.0. The Kier molecular flexibility index (Phi) is 6.20. The molecule has 1 aromatic rings. The summed E-state index contributed by atoms with van der Waals surface area (Å²) < 4.78 is 0. The number of anilines is 1. The van der Waals surface area contributed by atoms with Crippen LogP contribution < -0.4 is 10.6 Å². The highest BCUT2D eigenvalue weighted by molar-refractivity contribution is 5.55. The molecule has 0 radical (unpaired) electrons. The average molecular weight is 248 g/mol. The first kappa shape index (κ1) is 15.0. The van der Waals surface area contributed by atoms with E-state index in [4.69, 9.17) is 5.73 Å². The van der Waals surface area contributed by atoms with Crippen molar-refractivity contribution in [3.8, 4) is 0 Å². The lowest BCUT2D eigenvalue weighted by Crippen LogP contribution is -2.27. The Morgan fingerprint density at radius 3 is 2.28 bits per heavy atom. The van der Waals surface area contributed by atoms with E-state index in [-0.39, 0.29) is 6.04 Å². The van der Waals surface area contributed by atoms with E-state index in [1.807, 2.05) is 0 Å². The zero-order valence-electron chi connectivity index (χ0n) is 12.4. The molecule has 0 aromatic heterocycles. The number of rotatable bonds is 7. The molecule has 0 aliphatic rings. The van der Waals surface area contributed by atoms with Crippen LogP contribution in [-0.2, 0) is 6.42 Å². The van der Waals surface area contributed by atoms with Crippen LogP contribution >= 0.6 is 0 Å². The fraction of sp³-hybridized carbons (Fsp3) is 0.625. The molecule has 2 heteroatoms. The van der Waals surface area contributed by atoms with Gasteiger partial charge in [0.25, 0.3) is 0 Å². The first-order chi connectivity index (χ1) is 8.58. The van der Waals surface area contributed by atoms with Crippen molar-refractivity contribution < 1.29 is 0 Å². The number of hydrogen-bond acceptors (Lipinski definition) is 2. The lowest BCUT2D eigenvalue weighted by atomic mass is 10.0. The van der Waals surface area contributed by atoms with Gasteiger partial charge in [-0.1, -0.05) is 31.5 Å². The number of benzene rings is 1. The van der Waals surface area contributed by atoms with Crippen molar-refractivity contribution in [3.05, 3.63) is 29.3 Å². The van der Waals surface area contributed by atoms with Crippen LogP contribution in [0.5, 0.6) is 0 Å². The van der Waals surface area contributed by atoms with E-state index < -0.39 is 0 Å². The van der Waals surface area contributed by atoms with Crippen molar-refractivity contribution in [1.82, 2.24) is 0 Å². The molecular formula is C16H28N2. The van der Waals surface area contributed by atoms with Gasteiger partial charge >= 0.3 is 0 Å². The van der Waals surface area contributed by atoms with Gasteiger partial charge < -0.3 is 10.6 Å². The Balaban J connectivity index is 3.02. The minimum Gasteiger partial charge on any atom is -0.371 e. The molecule has 0 bridgehead atoms. The highest BCUT2D eigenvalue weighted by Crippen LogP contribution is 2.24. The van der Waals surface area contributed by atoms with Gasteiger partial charge in [0.2, 0.25) is 0 Å². The van der Waals surface area contributed by atoms with Crippen LogP contribution in [0.25, 0.3) is 0 Å². The summed E-state index contributed by atoms with van der Waals surface area (Å²) in [5.74, 6) is 0. The Hall–Kier alpha value is -1.02. The molecule has 0 spiro atoms. The fourth-order valence-electron chi connectivity index (χ4n) is 2.43. The molecule has 0 heterocycles. The standard InChI is InChI=1S/C16H28N2/c1-5-9-18(10-6-2)16-8-7-13(3)11-15(16)12-14(4)17/h7-8,11,14H,5-6,9-10,12,17H2,1-4H3. The van der Waals surface area contributed by atoms with E-state index in [0.29, 0.717) is 0 Å². The molecule has 0 aliphatic carbocycles. The van der Waals surface area contributed by atoms with E-state index >= 15 is 0 Å². The van der Waals surface area contributed by atoms with Gasteiger partial charge in [-0.3, -0.25) is 0 Å². The Labute approximate surface area is 112 Å². The second-order valence-electron chi connectivity index (χ2n) is 5.30. The summed E-state index contributed by atoms with van der Waals surface area (Å²) >= 11 is 0. The van der Waals surface area contributed by atoms with Crippen molar-refractivity contribution in [2.45, 2.75) is 53.0 Å². The Morgan fingerprint density at radius 2 is 1.78 bits per heavy atom. The van der Waals surface area contributed by atoms with Gasteiger partial charge in [0.05, 0.1) is 0 Å². The van der Waals surface area contributed by atoms with Crippen molar-refractivity contribution >= 4 is 5.69 Å². The van der Waals surface area contributed by atoms with Gasteiger partial charge in [-0.05, 0) is 44.7 Å². The van der Waals surface area contributed by atoms with E-state index in [9.17, 15) is 0 Å². The largest absolute Gasteiger partial charge is 0.371 e. The van der Waals surface area contributed by atoms with Gasteiger partial charge in [-0.25, -0.2) is 0 Å². The number of nitrogens with two attached hydrogens (primary N) is 1. The molecule has 102 valence electrons.